The molecule has 0 amide bonds. The fourth-order valence-corrected chi connectivity index (χ4v) is 9.93. The Morgan fingerprint density at radius 3 is 2.29 bits per heavy atom. The number of ether oxygens (including phenoxy) is 2. The van der Waals surface area contributed by atoms with E-state index in [-0.39, 0.29) is 28.5 Å². The predicted molar refractivity (Wildman–Crippen MR) is 142 cm³/mol. The van der Waals surface area contributed by atoms with Crippen molar-refractivity contribution in [3.05, 3.63) is 23.3 Å². The Labute approximate surface area is 214 Å². The van der Waals surface area contributed by atoms with Crippen molar-refractivity contribution >= 4 is 5.97 Å². The molecule has 0 N–H and O–H groups in total. The van der Waals surface area contributed by atoms with Crippen molar-refractivity contribution in [1.29, 1.82) is 0 Å². The molecule has 5 rings (SSSR count). The average molecular weight is 483 g/mol. The molecule has 196 valence electrons. The Bertz CT molecular complexity index is 956. The molecule has 0 bridgehead atoms. The second-order valence-electron chi connectivity index (χ2n) is 14.7. The van der Waals surface area contributed by atoms with E-state index in [1.165, 1.54) is 38.5 Å². The lowest BCUT2D eigenvalue weighted by Crippen LogP contribution is -2.55. The lowest BCUT2D eigenvalue weighted by atomic mass is 9.43. The number of rotatable bonds is 4. The number of allylic oxidation sites excluding steroid dienone is 3. The van der Waals surface area contributed by atoms with Gasteiger partial charge in [-0.3, -0.25) is 4.79 Å². The third kappa shape index (κ3) is 3.64. The van der Waals surface area contributed by atoms with Crippen LogP contribution in [0.3, 0.4) is 0 Å². The van der Waals surface area contributed by atoms with Crippen molar-refractivity contribution in [3.63, 3.8) is 0 Å². The minimum atomic E-state index is -0.125. The molecule has 1 heterocycles. The Hall–Kier alpha value is -1.09. The van der Waals surface area contributed by atoms with Crippen LogP contribution in [0.1, 0.15) is 114 Å². The quantitative estimate of drug-likeness (QED) is 0.231. The van der Waals surface area contributed by atoms with E-state index in [1.54, 1.807) is 12.5 Å². The zero-order chi connectivity index (χ0) is 25.6. The molecule has 3 nitrogen and oxygen atoms in total. The standard InChI is InChI=1S/C32H50O3/c1-20(10-13-27-29(5,6)35-27)22-14-18-32(9)24-11-12-25-28(3,4)26(34-21(2)33)16-17-30(25,7)23(24)15-19-31(22,32)8/h10,13,20,22,25-27H,11-12,14-19H2,1-9H3/b13-10+/t20-,22-,25+,26+,27?,30-,31-,32+/m1/s1. The van der Waals surface area contributed by atoms with Crippen LogP contribution in [-0.2, 0) is 14.3 Å². The van der Waals surface area contributed by atoms with Crippen molar-refractivity contribution in [2.45, 2.75) is 131 Å². The molecule has 8 atom stereocenters. The molecular formula is C32H50O3. The number of carbonyl (C=O) groups excluding carboxylic acids is 1. The molecule has 0 aromatic heterocycles. The van der Waals surface area contributed by atoms with E-state index >= 15 is 0 Å². The van der Waals surface area contributed by atoms with Crippen LogP contribution in [0.15, 0.2) is 23.3 Å². The van der Waals surface area contributed by atoms with Crippen molar-refractivity contribution in [2.24, 2.45) is 39.4 Å². The van der Waals surface area contributed by atoms with Gasteiger partial charge in [0.1, 0.15) is 12.2 Å². The minimum Gasteiger partial charge on any atom is -0.462 e. The summed E-state index contributed by atoms with van der Waals surface area (Å²) in [6, 6.07) is 0. The molecule has 35 heavy (non-hydrogen) atoms. The van der Waals surface area contributed by atoms with E-state index in [4.69, 9.17) is 9.47 Å². The smallest absolute Gasteiger partial charge is 0.302 e. The number of hydrogen-bond acceptors (Lipinski definition) is 3. The van der Waals surface area contributed by atoms with Crippen LogP contribution >= 0.6 is 0 Å². The largest absolute Gasteiger partial charge is 0.462 e. The molecular weight excluding hydrogens is 432 g/mol. The Kier molecular flexibility index (Phi) is 5.81. The molecule has 1 saturated heterocycles. The van der Waals surface area contributed by atoms with E-state index in [0.29, 0.717) is 28.8 Å². The second kappa shape index (κ2) is 7.95. The number of epoxide rings is 1. The highest BCUT2D eigenvalue weighted by atomic mass is 16.6. The number of carbonyl (C=O) groups is 1. The van der Waals surface area contributed by atoms with Gasteiger partial charge in [-0.1, -0.05) is 64.8 Å². The highest BCUT2D eigenvalue weighted by Gasteiger charge is 2.63. The van der Waals surface area contributed by atoms with Gasteiger partial charge < -0.3 is 9.47 Å². The first-order chi connectivity index (χ1) is 16.2. The van der Waals surface area contributed by atoms with Gasteiger partial charge in [0, 0.05) is 12.3 Å². The van der Waals surface area contributed by atoms with Gasteiger partial charge in [-0.2, -0.15) is 0 Å². The van der Waals surface area contributed by atoms with Gasteiger partial charge in [-0.05, 0) is 99.2 Å². The monoisotopic (exact) mass is 482 g/mol. The van der Waals surface area contributed by atoms with Crippen molar-refractivity contribution in [3.8, 4) is 0 Å². The summed E-state index contributed by atoms with van der Waals surface area (Å²) in [7, 11) is 0. The summed E-state index contributed by atoms with van der Waals surface area (Å²) >= 11 is 0. The van der Waals surface area contributed by atoms with E-state index in [9.17, 15) is 4.79 Å². The van der Waals surface area contributed by atoms with Gasteiger partial charge in [-0.15, -0.1) is 0 Å². The van der Waals surface area contributed by atoms with Crippen molar-refractivity contribution in [1.82, 2.24) is 0 Å². The summed E-state index contributed by atoms with van der Waals surface area (Å²) in [5, 5.41) is 0. The fraction of sp³-hybridized carbons (Fsp3) is 0.844. The van der Waals surface area contributed by atoms with Crippen LogP contribution in [0.5, 0.6) is 0 Å². The van der Waals surface area contributed by atoms with Crippen LogP contribution in [0.25, 0.3) is 0 Å². The lowest BCUT2D eigenvalue weighted by Gasteiger charge is -2.62. The summed E-state index contributed by atoms with van der Waals surface area (Å²) in [4.78, 5) is 11.8. The first-order valence-corrected chi connectivity index (χ1v) is 14.4. The molecule has 0 aromatic carbocycles. The maximum Gasteiger partial charge on any atom is 0.302 e. The van der Waals surface area contributed by atoms with Gasteiger partial charge in [0.2, 0.25) is 0 Å². The van der Waals surface area contributed by atoms with E-state index in [1.807, 2.05) is 5.57 Å². The van der Waals surface area contributed by atoms with Crippen molar-refractivity contribution < 1.29 is 14.3 Å². The van der Waals surface area contributed by atoms with E-state index in [0.717, 1.165) is 18.8 Å². The molecule has 1 unspecified atom stereocenters. The third-order valence-electron chi connectivity index (χ3n) is 12.3. The average Bonchev–Trinajstić information content (AvgIpc) is 3.26. The minimum absolute atomic E-state index is 0.0229. The third-order valence-corrected chi connectivity index (χ3v) is 12.3. The Morgan fingerprint density at radius 1 is 0.971 bits per heavy atom. The summed E-state index contributed by atoms with van der Waals surface area (Å²) in [6.45, 7) is 21.0. The normalized spacial score (nSPS) is 46.5. The summed E-state index contributed by atoms with van der Waals surface area (Å²) in [5.74, 6) is 1.79. The van der Waals surface area contributed by atoms with Crippen LogP contribution in [0.2, 0.25) is 0 Å². The van der Waals surface area contributed by atoms with Crippen LogP contribution < -0.4 is 0 Å². The molecule has 0 radical (unpaired) electrons. The fourth-order valence-electron chi connectivity index (χ4n) is 9.93. The number of hydrogen-bond donors (Lipinski definition) is 0. The zero-order valence-corrected chi connectivity index (χ0v) is 23.9. The Balaban J connectivity index is 1.43. The molecule has 3 fully saturated rings. The zero-order valence-electron chi connectivity index (χ0n) is 23.9. The van der Waals surface area contributed by atoms with Gasteiger partial charge in [-0.25, -0.2) is 0 Å². The van der Waals surface area contributed by atoms with Crippen LogP contribution in [0.4, 0.5) is 0 Å². The van der Waals surface area contributed by atoms with E-state index < -0.39 is 0 Å². The topological polar surface area (TPSA) is 38.8 Å². The number of fused-ring (bicyclic) bond motifs is 4. The Morgan fingerprint density at radius 2 is 1.66 bits per heavy atom. The molecule has 5 aliphatic rings. The predicted octanol–water partition coefficient (Wildman–Crippen LogP) is 8.04. The molecule has 3 heteroatoms. The SMILES string of the molecule is CC(=O)O[C@H]1CC[C@]2(C)C3=C(CC[C@H]2C1(C)C)[C@]1(C)CC[C@H]([C@H](C)/C=C/C2OC2(C)C)[C@@]1(C)CC3. The molecule has 0 spiro atoms. The van der Waals surface area contributed by atoms with Gasteiger partial charge in [0.25, 0.3) is 0 Å². The molecule has 0 aromatic rings. The molecule has 2 saturated carbocycles. The first kappa shape index (κ1) is 25.6. The lowest BCUT2D eigenvalue weighted by molar-refractivity contribution is -0.167. The number of esters is 1. The maximum atomic E-state index is 11.8. The van der Waals surface area contributed by atoms with Gasteiger partial charge >= 0.3 is 5.97 Å². The first-order valence-electron chi connectivity index (χ1n) is 14.4. The highest BCUT2D eigenvalue weighted by molar-refractivity contribution is 5.66. The van der Waals surface area contributed by atoms with Crippen LogP contribution in [0, 0.1) is 39.4 Å². The summed E-state index contributed by atoms with van der Waals surface area (Å²) < 4.78 is 11.7. The van der Waals surface area contributed by atoms with Gasteiger partial charge in [0.05, 0.1) is 5.60 Å². The second-order valence-corrected chi connectivity index (χ2v) is 14.7. The van der Waals surface area contributed by atoms with Crippen LogP contribution in [-0.4, -0.2) is 23.8 Å². The van der Waals surface area contributed by atoms with E-state index in [2.05, 4.69) is 67.5 Å². The summed E-state index contributed by atoms with van der Waals surface area (Å²) in [6.07, 6.45) is 15.0. The van der Waals surface area contributed by atoms with Gasteiger partial charge in [0.15, 0.2) is 0 Å². The van der Waals surface area contributed by atoms with Crippen molar-refractivity contribution in [2.75, 3.05) is 0 Å². The summed E-state index contributed by atoms with van der Waals surface area (Å²) in [5.41, 5.74) is 4.62. The maximum absolute atomic E-state index is 11.8. The molecule has 1 aliphatic heterocycles. The highest BCUT2D eigenvalue weighted by Crippen LogP contribution is 2.72. The molecule has 4 aliphatic carbocycles.